The van der Waals surface area contributed by atoms with E-state index in [2.05, 4.69) is 16.0 Å². The van der Waals surface area contributed by atoms with Crippen LogP contribution in [-0.4, -0.2) is 29.4 Å². The molecule has 1 heterocycles. The summed E-state index contributed by atoms with van der Waals surface area (Å²) in [5.74, 6) is 0.923. The smallest absolute Gasteiger partial charge is 0.122 e. The summed E-state index contributed by atoms with van der Waals surface area (Å²) < 4.78 is 7.30. The van der Waals surface area contributed by atoms with Gasteiger partial charge in [0, 0.05) is 25.5 Å². The third-order valence-electron chi connectivity index (χ3n) is 3.19. The van der Waals surface area contributed by atoms with Crippen molar-refractivity contribution in [3.63, 3.8) is 0 Å². The number of methoxy groups -OCH3 is 1. The third kappa shape index (κ3) is 3.22. The zero-order valence-corrected chi connectivity index (χ0v) is 11.6. The number of ether oxygens (including phenoxy) is 1. The van der Waals surface area contributed by atoms with Crippen molar-refractivity contribution in [1.29, 1.82) is 0 Å². The molecule has 1 aromatic carbocycles. The van der Waals surface area contributed by atoms with Gasteiger partial charge < -0.3 is 9.30 Å². The molecule has 0 amide bonds. The fourth-order valence-corrected chi connectivity index (χ4v) is 1.88. The van der Waals surface area contributed by atoms with Crippen LogP contribution < -0.4 is 4.74 Å². The molecule has 0 atom stereocenters. The van der Waals surface area contributed by atoms with Gasteiger partial charge in [0.25, 0.3) is 0 Å². The number of para-hydroxylation sites is 1. The van der Waals surface area contributed by atoms with E-state index in [1.807, 2.05) is 43.0 Å². The molecular formula is C15H19N3O. The van der Waals surface area contributed by atoms with Crippen molar-refractivity contribution in [2.24, 2.45) is 12.0 Å². The Kier molecular flexibility index (Phi) is 4.34. The largest absolute Gasteiger partial charge is 0.496 e. The van der Waals surface area contributed by atoms with E-state index in [1.165, 1.54) is 5.56 Å². The molecule has 0 spiro atoms. The van der Waals surface area contributed by atoms with Crippen molar-refractivity contribution in [2.45, 2.75) is 13.3 Å². The van der Waals surface area contributed by atoms with E-state index >= 15 is 0 Å². The topological polar surface area (TPSA) is 39.4 Å². The number of rotatable bonds is 5. The minimum absolute atomic E-state index is 0.733. The second kappa shape index (κ2) is 6.18. The fraction of sp³-hybridized carbons (Fsp3) is 0.333. The monoisotopic (exact) mass is 257 g/mol. The van der Waals surface area contributed by atoms with Gasteiger partial charge in [-0.3, -0.25) is 4.99 Å². The highest BCUT2D eigenvalue weighted by Crippen LogP contribution is 2.17. The van der Waals surface area contributed by atoms with Crippen molar-refractivity contribution in [3.05, 3.63) is 47.5 Å². The summed E-state index contributed by atoms with van der Waals surface area (Å²) in [4.78, 5) is 8.71. The molecule has 0 saturated carbocycles. The number of aliphatic imine (C=N–C) groups is 1. The fourth-order valence-electron chi connectivity index (χ4n) is 1.88. The molecule has 0 bridgehead atoms. The molecule has 1 aromatic heterocycles. The van der Waals surface area contributed by atoms with Crippen LogP contribution in [0.1, 0.15) is 17.0 Å². The SMILES string of the molecule is COc1ccccc1CCN=Cc1ncn(C)c1C. The maximum absolute atomic E-state index is 5.32. The molecule has 2 aromatic rings. The number of hydrogen-bond acceptors (Lipinski definition) is 3. The summed E-state index contributed by atoms with van der Waals surface area (Å²) in [6, 6.07) is 8.04. The van der Waals surface area contributed by atoms with Gasteiger partial charge in [-0.2, -0.15) is 0 Å². The van der Waals surface area contributed by atoms with Crippen molar-refractivity contribution in [3.8, 4) is 5.75 Å². The summed E-state index contributed by atoms with van der Waals surface area (Å²) in [6.45, 7) is 2.77. The molecule has 4 heteroatoms. The van der Waals surface area contributed by atoms with E-state index in [4.69, 9.17) is 4.74 Å². The molecule has 19 heavy (non-hydrogen) atoms. The van der Waals surface area contributed by atoms with Crippen LogP contribution in [0.2, 0.25) is 0 Å². The molecule has 4 nitrogen and oxygen atoms in total. The normalized spacial score (nSPS) is 11.1. The van der Waals surface area contributed by atoms with E-state index in [-0.39, 0.29) is 0 Å². The lowest BCUT2D eigenvalue weighted by Gasteiger charge is -2.05. The number of aryl methyl sites for hydroxylation is 1. The van der Waals surface area contributed by atoms with E-state index in [0.717, 1.165) is 30.1 Å². The van der Waals surface area contributed by atoms with E-state index in [1.54, 1.807) is 13.4 Å². The van der Waals surface area contributed by atoms with Crippen molar-refractivity contribution < 1.29 is 4.74 Å². The van der Waals surface area contributed by atoms with Crippen LogP contribution in [0.5, 0.6) is 5.75 Å². The lowest BCUT2D eigenvalue weighted by Crippen LogP contribution is -1.96. The highest BCUT2D eigenvalue weighted by Gasteiger charge is 2.01. The van der Waals surface area contributed by atoms with E-state index in [0.29, 0.717) is 0 Å². The molecule has 0 aliphatic carbocycles. The second-order valence-corrected chi connectivity index (χ2v) is 4.42. The zero-order chi connectivity index (χ0) is 13.7. The van der Waals surface area contributed by atoms with Gasteiger partial charge in [-0.05, 0) is 25.0 Å². The maximum Gasteiger partial charge on any atom is 0.122 e. The third-order valence-corrected chi connectivity index (χ3v) is 3.19. The summed E-state index contributed by atoms with van der Waals surface area (Å²) in [5.41, 5.74) is 3.24. The summed E-state index contributed by atoms with van der Waals surface area (Å²) in [6.07, 6.45) is 4.51. The van der Waals surface area contributed by atoms with Crippen LogP contribution in [-0.2, 0) is 13.5 Å². The summed E-state index contributed by atoms with van der Waals surface area (Å²) in [5, 5.41) is 0. The lowest BCUT2D eigenvalue weighted by molar-refractivity contribution is 0.410. The highest BCUT2D eigenvalue weighted by molar-refractivity contribution is 5.78. The number of imidazole rings is 1. The first kappa shape index (κ1) is 13.3. The van der Waals surface area contributed by atoms with Crippen molar-refractivity contribution in [1.82, 2.24) is 9.55 Å². The van der Waals surface area contributed by atoms with Crippen LogP contribution in [0.25, 0.3) is 0 Å². The average Bonchev–Trinajstić information content (AvgIpc) is 2.76. The molecule has 0 aliphatic rings. The first-order valence-corrected chi connectivity index (χ1v) is 6.32. The zero-order valence-electron chi connectivity index (χ0n) is 11.6. The van der Waals surface area contributed by atoms with Gasteiger partial charge in [0.05, 0.1) is 13.4 Å². The van der Waals surface area contributed by atoms with Gasteiger partial charge in [0.2, 0.25) is 0 Å². The number of hydrogen-bond donors (Lipinski definition) is 0. The molecule has 100 valence electrons. The van der Waals surface area contributed by atoms with Gasteiger partial charge in [-0.25, -0.2) is 4.98 Å². The van der Waals surface area contributed by atoms with Crippen molar-refractivity contribution >= 4 is 6.21 Å². The minimum atomic E-state index is 0.733. The van der Waals surface area contributed by atoms with Gasteiger partial charge in [0.15, 0.2) is 0 Å². The Morgan fingerprint density at radius 1 is 1.37 bits per heavy atom. The van der Waals surface area contributed by atoms with Gasteiger partial charge >= 0.3 is 0 Å². The van der Waals surface area contributed by atoms with Gasteiger partial charge in [-0.15, -0.1) is 0 Å². The quantitative estimate of drug-likeness (QED) is 0.772. The minimum Gasteiger partial charge on any atom is -0.496 e. The van der Waals surface area contributed by atoms with E-state index in [9.17, 15) is 0 Å². The van der Waals surface area contributed by atoms with Gasteiger partial charge in [0.1, 0.15) is 11.4 Å². The Labute approximate surface area is 113 Å². The molecular weight excluding hydrogens is 238 g/mol. The first-order chi connectivity index (χ1) is 9.22. The molecule has 0 aliphatic heterocycles. The molecule has 0 fully saturated rings. The predicted molar refractivity (Wildman–Crippen MR) is 77.1 cm³/mol. The Balaban J connectivity index is 1.95. The van der Waals surface area contributed by atoms with Gasteiger partial charge in [-0.1, -0.05) is 18.2 Å². The second-order valence-electron chi connectivity index (χ2n) is 4.42. The predicted octanol–water partition coefficient (Wildman–Crippen LogP) is 2.40. The summed E-state index contributed by atoms with van der Waals surface area (Å²) >= 11 is 0. The Morgan fingerprint density at radius 3 is 2.84 bits per heavy atom. The van der Waals surface area contributed by atoms with Crippen LogP contribution >= 0.6 is 0 Å². The van der Waals surface area contributed by atoms with Crippen LogP contribution in [0.3, 0.4) is 0 Å². The van der Waals surface area contributed by atoms with E-state index < -0.39 is 0 Å². The van der Waals surface area contributed by atoms with Crippen molar-refractivity contribution in [2.75, 3.05) is 13.7 Å². The Bertz CT molecular complexity index is 573. The average molecular weight is 257 g/mol. The van der Waals surface area contributed by atoms with Crippen LogP contribution in [0, 0.1) is 6.92 Å². The Morgan fingerprint density at radius 2 is 2.16 bits per heavy atom. The van der Waals surface area contributed by atoms with Crippen LogP contribution in [0.4, 0.5) is 0 Å². The molecule has 0 radical (unpaired) electrons. The standard InChI is InChI=1S/C15H19N3O/c1-12-14(17-11-18(12)2)10-16-9-8-13-6-4-5-7-15(13)19-3/h4-7,10-11H,8-9H2,1-3H3. The van der Waals surface area contributed by atoms with Crippen LogP contribution in [0.15, 0.2) is 35.6 Å². The highest BCUT2D eigenvalue weighted by atomic mass is 16.5. The number of aromatic nitrogens is 2. The first-order valence-electron chi connectivity index (χ1n) is 6.32. The summed E-state index contributed by atoms with van der Waals surface area (Å²) in [7, 11) is 3.67. The molecule has 0 saturated heterocycles. The number of nitrogens with zero attached hydrogens (tertiary/aromatic N) is 3. The molecule has 0 unspecified atom stereocenters. The molecule has 2 rings (SSSR count). The maximum atomic E-state index is 5.32. The molecule has 0 N–H and O–H groups in total. The lowest BCUT2D eigenvalue weighted by atomic mass is 10.1. The number of benzene rings is 1. The Hall–Kier alpha value is -2.10.